The normalized spacial score (nSPS) is 33.4. The van der Waals surface area contributed by atoms with Crippen molar-refractivity contribution < 1.29 is 5.11 Å². The van der Waals surface area contributed by atoms with Gasteiger partial charge in [0, 0.05) is 25.2 Å². The van der Waals surface area contributed by atoms with Crippen LogP contribution >= 0.6 is 0 Å². The highest BCUT2D eigenvalue weighted by atomic mass is 16.3. The molecule has 0 radical (unpaired) electrons. The Balaban J connectivity index is 1.50. The van der Waals surface area contributed by atoms with Crippen LogP contribution in [0.4, 0.5) is 0 Å². The topological polar surface area (TPSA) is 35.5 Å². The first-order valence-electron chi connectivity index (χ1n) is 9.40. The second-order valence-corrected chi connectivity index (χ2v) is 7.84. The van der Waals surface area contributed by atoms with Gasteiger partial charge in [-0.1, -0.05) is 19.8 Å². The number of hydrogen-bond donors (Lipinski definition) is 2. The lowest BCUT2D eigenvalue weighted by molar-refractivity contribution is 0.0357. The third-order valence-electron chi connectivity index (χ3n) is 6.15. The van der Waals surface area contributed by atoms with Crippen LogP contribution in [-0.4, -0.2) is 47.8 Å². The van der Waals surface area contributed by atoms with Crippen LogP contribution in [0.5, 0.6) is 0 Å². The SMILES string of the molecule is CCC(O)CC1CC(NCC2CCC2)CN(C2CCC2)C1. The van der Waals surface area contributed by atoms with Crippen LogP contribution in [0, 0.1) is 11.8 Å². The molecule has 3 atom stereocenters. The zero-order chi connectivity index (χ0) is 14.7. The molecule has 1 heterocycles. The Morgan fingerprint density at radius 3 is 2.43 bits per heavy atom. The standard InChI is InChI=1S/C18H34N2O/c1-2-18(21)10-15-9-16(19-11-14-5-3-6-14)13-20(12-15)17-7-4-8-17/h14-19,21H,2-13H2,1H3. The lowest BCUT2D eigenvalue weighted by atomic mass is 9.83. The number of hydrogen-bond acceptors (Lipinski definition) is 3. The molecule has 122 valence electrons. The van der Waals surface area contributed by atoms with Crippen molar-refractivity contribution in [2.24, 2.45) is 11.8 Å². The van der Waals surface area contributed by atoms with Gasteiger partial charge < -0.3 is 10.4 Å². The fourth-order valence-corrected chi connectivity index (χ4v) is 4.19. The van der Waals surface area contributed by atoms with E-state index >= 15 is 0 Å². The van der Waals surface area contributed by atoms with Crippen LogP contribution in [0.15, 0.2) is 0 Å². The van der Waals surface area contributed by atoms with Gasteiger partial charge in [-0.25, -0.2) is 0 Å². The first-order valence-corrected chi connectivity index (χ1v) is 9.40. The molecule has 0 aromatic carbocycles. The van der Waals surface area contributed by atoms with Gasteiger partial charge in [0.1, 0.15) is 0 Å². The van der Waals surface area contributed by atoms with Crippen molar-refractivity contribution in [3.8, 4) is 0 Å². The number of nitrogens with zero attached hydrogens (tertiary/aromatic N) is 1. The number of likely N-dealkylation sites (tertiary alicyclic amines) is 1. The highest BCUT2D eigenvalue weighted by molar-refractivity contribution is 4.91. The molecule has 2 N–H and O–H groups in total. The smallest absolute Gasteiger partial charge is 0.0540 e. The number of aliphatic hydroxyl groups excluding tert-OH is 1. The Morgan fingerprint density at radius 2 is 1.86 bits per heavy atom. The summed E-state index contributed by atoms with van der Waals surface area (Å²) in [6.07, 6.45) is 11.6. The molecule has 3 fully saturated rings. The molecule has 3 rings (SSSR count). The molecule has 2 saturated carbocycles. The van der Waals surface area contributed by atoms with Crippen molar-refractivity contribution in [1.29, 1.82) is 0 Å². The van der Waals surface area contributed by atoms with E-state index in [4.69, 9.17) is 0 Å². The first-order chi connectivity index (χ1) is 10.2. The minimum absolute atomic E-state index is 0.0939. The Labute approximate surface area is 130 Å². The molecule has 0 spiro atoms. The van der Waals surface area contributed by atoms with Gasteiger partial charge in [0.15, 0.2) is 0 Å². The van der Waals surface area contributed by atoms with Gasteiger partial charge in [-0.05, 0) is 63.3 Å². The summed E-state index contributed by atoms with van der Waals surface area (Å²) in [4.78, 5) is 2.73. The van der Waals surface area contributed by atoms with Gasteiger partial charge in [-0.15, -0.1) is 0 Å². The van der Waals surface area contributed by atoms with Crippen LogP contribution in [0.25, 0.3) is 0 Å². The number of aliphatic hydroxyl groups is 1. The van der Waals surface area contributed by atoms with E-state index in [0.29, 0.717) is 12.0 Å². The maximum Gasteiger partial charge on any atom is 0.0540 e. The summed E-state index contributed by atoms with van der Waals surface area (Å²) < 4.78 is 0. The Kier molecular flexibility index (Phi) is 5.58. The van der Waals surface area contributed by atoms with Crippen molar-refractivity contribution >= 4 is 0 Å². The molecule has 3 nitrogen and oxygen atoms in total. The fourth-order valence-electron chi connectivity index (χ4n) is 4.19. The van der Waals surface area contributed by atoms with Crippen molar-refractivity contribution in [1.82, 2.24) is 10.2 Å². The molecule has 0 aromatic heterocycles. The van der Waals surface area contributed by atoms with E-state index in [0.717, 1.165) is 24.8 Å². The zero-order valence-electron chi connectivity index (χ0n) is 13.8. The van der Waals surface area contributed by atoms with Crippen molar-refractivity contribution in [2.75, 3.05) is 19.6 Å². The highest BCUT2D eigenvalue weighted by Gasteiger charge is 2.34. The van der Waals surface area contributed by atoms with E-state index in [1.54, 1.807) is 0 Å². The fraction of sp³-hybridized carbons (Fsp3) is 1.00. The average molecular weight is 294 g/mol. The quantitative estimate of drug-likeness (QED) is 0.758. The van der Waals surface area contributed by atoms with Crippen LogP contribution in [0.2, 0.25) is 0 Å². The summed E-state index contributed by atoms with van der Waals surface area (Å²) in [7, 11) is 0. The Bertz CT molecular complexity index is 314. The highest BCUT2D eigenvalue weighted by Crippen LogP contribution is 2.31. The largest absolute Gasteiger partial charge is 0.393 e. The van der Waals surface area contributed by atoms with Crippen molar-refractivity contribution in [2.45, 2.75) is 82.9 Å². The van der Waals surface area contributed by atoms with Gasteiger partial charge in [-0.2, -0.15) is 0 Å². The summed E-state index contributed by atoms with van der Waals surface area (Å²) in [6, 6.07) is 1.51. The molecule has 21 heavy (non-hydrogen) atoms. The van der Waals surface area contributed by atoms with Crippen LogP contribution < -0.4 is 5.32 Å². The van der Waals surface area contributed by atoms with Crippen LogP contribution in [0.3, 0.4) is 0 Å². The monoisotopic (exact) mass is 294 g/mol. The van der Waals surface area contributed by atoms with Crippen molar-refractivity contribution in [3.05, 3.63) is 0 Å². The number of nitrogens with one attached hydrogen (secondary N) is 1. The van der Waals surface area contributed by atoms with Gasteiger partial charge >= 0.3 is 0 Å². The Morgan fingerprint density at radius 1 is 1.10 bits per heavy atom. The molecule has 3 unspecified atom stereocenters. The summed E-state index contributed by atoms with van der Waals surface area (Å²) in [5.41, 5.74) is 0. The second-order valence-electron chi connectivity index (χ2n) is 7.84. The van der Waals surface area contributed by atoms with Crippen LogP contribution in [-0.2, 0) is 0 Å². The second kappa shape index (κ2) is 7.43. The van der Waals surface area contributed by atoms with E-state index in [-0.39, 0.29) is 6.10 Å². The van der Waals surface area contributed by atoms with E-state index in [9.17, 15) is 5.11 Å². The summed E-state index contributed by atoms with van der Waals surface area (Å²) in [5, 5.41) is 13.9. The third-order valence-corrected chi connectivity index (χ3v) is 6.15. The third kappa shape index (κ3) is 4.20. The predicted octanol–water partition coefficient (Wildman–Crippen LogP) is 2.78. The lowest BCUT2D eigenvalue weighted by Crippen LogP contribution is -2.55. The molecular formula is C18H34N2O. The van der Waals surface area contributed by atoms with Gasteiger partial charge in [0.2, 0.25) is 0 Å². The van der Waals surface area contributed by atoms with E-state index < -0.39 is 0 Å². The molecule has 3 aliphatic rings. The van der Waals surface area contributed by atoms with Crippen LogP contribution in [0.1, 0.15) is 64.7 Å². The van der Waals surface area contributed by atoms with Crippen molar-refractivity contribution in [3.63, 3.8) is 0 Å². The average Bonchev–Trinajstić information content (AvgIpc) is 2.34. The number of piperidine rings is 1. The van der Waals surface area contributed by atoms with Gasteiger partial charge in [0.05, 0.1) is 6.10 Å². The molecular weight excluding hydrogens is 260 g/mol. The molecule has 1 aliphatic heterocycles. The lowest BCUT2D eigenvalue weighted by Gasteiger charge is -2.46. The first kappa shape index (κ1) is 15.8. The van der Waals surface area contributed by atoms with E-state index in [2.05, 4.69) is 17.1 Å². The minimum Gasteiger partial charge on any atom is -0.393 e. The number of rotatable bonds is 7. The van der Waals surface area contributed by atoms with E-state index in [1.807, 2.05) is 0 Å². The van der Waals surface area contributed by atoms with Gasteiger partial charge in [-0.3, -0.25) is 4.90 Å². The molecule has 2 aliphatic carbocycles. The zero-order valence-corrected chi connectivity index (χ0v) is 13.8. The minimum atomic E-state index is -0.0939. The predicted molar refractivity (Wildman–Crippen MR) is 87.4 cm³/mol. The van der Waals surface area contributed by atoms with E-state index in [1.165, 1.54) is 64.6 Å². The maximum atomic E-state index is 10.0. The summed E-state index contributed by atoms with van der Waals surface area (Å²) in [5.74, 6) is 1.64. The maximum absolute atomic E-state index is 10.0. The summed E-state index contributed by atoms with van der Waals surface area (Å²) in [6.45, 7) is 5.80. The molecule has 3 heteroatoms. The molecule has 1 saturated heterocycles. The van der Waals surface area contributed by atoms with Gasteiger partial charge in [0.25, 0.3) is 0 Å². The molecule has 0 aromatic rings. The summed E-state index contributed by atoms with van der Waals surface area (Å²) >= 11 is 0. The molecule has 0 amide bonds. The Hall–Kier alpha value is -0.120. The molecule has 0 bridgehead atoms.